The molecule has 0 spiro atoms. The summed E-state index contributed by atoms with van der Waals surface area (Å²) < 4.78 is 0. The summed E-state index contributed by atoms with van der Waals surface area (Å²) in [6.45, 7) is 5.26. The number of likely N-dealkylation sites (N-methyl/N-ethyl adjacent to an activating group) is 2. The molecule has 1 N–H and O–H groups in total. The molecule has 0 bridgehead atoms. The number of carbonyl (C=O) groups excluding carboxylic acids is 1. The van der Waals surface area contributed by atoms with Crippen LogP contribution in [-0.4, -0.2) is 54.0 Å². The second kappa shape index (κ2) is 6.78. The normalized spacial score (nSPS) is 12.5. The number of nitrogens with zero attached hydrogens (tertiary/aromatic N) is 2. The lowest BCUT2D eigenvalue weighted by Crippen LogP contribution is -2.43. The Bertz CT molecular complexity index is 449. The third-order valence-electron chi connectivity index (χ3n) is 2.95. The zero-order valence-corrected chi connectivity index (χ0v) is 12.6. The van der Waals surface area contributed by atoms with Crippen molar-refractivity contribution < 1.29 is 9.90 Å². The number of hydrogen-bond acceptors (Lipinski definition) is 3. The van der Waals surface area contributed by atoms with E-state index in [-0.39, 0.29) is 23.3 Å². The van der Waals surface area contributed by atoms with E-state index in [1.807, 2.05) is 32.8 Å². The molecule has 0 aliphatic carbocycles. The van der Waals surface area contributed by atoms with E-state index in [0.717, 1.165) is 6.54 Å². The quantitative estimate of drug-likeness (QED) is 0.903. The molecule has 19 heavy (non-hydrogen) atoms. The number of amides is 1. The van der Waals surface area contributed by atoms with E-state index in [9.17, 15) is 9.90 Å². The first-order chi connectivity index (χ1) is 8.86. The lowest BCUT2D eigenvalue weighted by Gasteiger charge is -2.30. The van der Waals surface area contributed by atoms with Crippen LogP contribution < -0.4 is 0 Å². The highest BCUT2D eigenvalue weighted by molar-refractivity contribution is 6.31. The highest BCUT2D eigenvalue weighted by Gasteiger charge is 2.22. The van der Waals surface area contributed by atoms with Gasteiger partial charge in [-0.2, -0.15) is 0 Å². The Morgan fingerprint density at radius 3 is 2.58 bits per heavy atom. The van der Waals surface area contributed by atoms with Crippen molar-refractivity contribution in [3.8, 4) is 5.75 Å². The average Bonchev–Trinajstić information content (AvgIpc) is 2.32. The molecule has 0 heterocycles. The maximum Gasteiger partial charge on any atom is 0.257 e. The van der Waals surface area contributed by atoms with Gasteiger partial charge in [-0.05, 0) is 46.1 Å². The van der Waals surface area contributed by atoms with Crippen molar-refractivity contribution in [1.29, 1.82) is 0 Å². The molecule has 106 valence electrons. The van der Waals surface area contributed by atoms with Gasteiger partial charge in [-0.25, -0.2) is 0 Å². The Balaban J connectivity index is 2.98. The molecule has 1 rings (SSSR count). The molecule has 0 radical (unpaired) electrons. The van der Waals surface area contributed by atoms with Crippen molar-refractivity contribution in [3.05, 3.63) is 28.8 Å². The van der Waals surface area contributed by atoms with Crippen LogP contribution in [0.3, 0.4) is 0 Å². The number of hydrogen-bond donors (Lipinski definition) is 1. The first-order valence-corrected chi connectivity index (χ1v) is 6.68. The topological polar surface area (TPSA) is 43.8 Å². The molecule has 0 saturated heterocycles. The summed E-state index contributed by atoms with van der Waals surface area (Å²) in [5.41, 5.74) is 0.250. The predicted molar refractivity (Wildman–Crippen MR) is 77.8 cm³/mol. The SMILES string of the molecule is CCN(C(=O)c1cc(Cl)ccc1O)C(C)CN(C)C. The molecule has 1 amide bonds. The maximum absolute atomic E-state index is 12.5. The molecule has 0 aliphatic heterocycles. The maximum atomic E-state index is 12.5. The minimum absolute atomic E-state index is 0.0371. The zero-order chi connectivity index (χ0) is 14.6. The molecule has 0 fully saturated rings. The number of aromatic hydroxyl groups is 1. The van der Waals surface area contributed by atoms with Gasteiger partial charge in [0.2, 0.25) is 0 Å². The first-order valence-electron chi connectivity index (χ1n) is 6.31. The molecule has 0 aliphatic rings. The van der Waals surface area contributed by atoms with E-state index in [1.165, 1.54) is 12.1 Å². The summed E-state index contributed by atoms with van der Waals surface area (Å²) in [6.07, 6.45) is 0. The molecule has 0 saturated carbocycles. The van der Waals surface area contributed by atoms with E-state index < -0.39 is 0 Å². The van der Waals surface area contributed by atoms with Gasteiger partial charge in [-0.1, -0.05) is 11.6 Å². The third kappa shape index (κ3) is 4.11. The third-order valence-corrected chi connectivity index (χ3v) is 3.19. The number of halogens is 1. The van der Waals surface area contributed by atoms with E-state index in [0.29, 0.717) is 11.6 Å². The van der Waals surface area contributed by atoms with E-state index in [1.54, 1.807) is 11.0 Å². The Morgan fingerprint density at radius 2 is 2.05 bits per heavy atom. The largest absolute Gasteiger partial charge is 0.507 e. The molecule has 1 aromatic carbocycles. The number of rotatable bonds is 5. The van der Waals surface area contributed by atoms with Gasteiger partial charge >= 0.3 is 0 Å². The molecule has 5 heteroatoms. The van der Waals surface area contributed by atoms with Crippen LogP contribution in [0.1, 0.15) is 24.2 Å². The molecule has 1 unspecified atom stereocenters. The summed E-state index contributed by atoms with van der Waals surface area (Å²) in [4.78, 5) is 16.2. The van der Waals surface area contributed by atoms with Crippen LogP contribution >= 0.6 is 11.6 Å². The molecule has 4 nitrogen and oxygen atoms in total. The molecular weight excluding hydrogens is 264 g/mol. The van der Waals surface area contributed by atoms with Gasteiger partial charge in [0.1, 0.15) is 5.75 Å². The summed E-state index contributed by atoms with van der Waals surface area (Å²) in [7, 11) is 3.93. The number of carbonyl (C=O) groups is 1. The van der Waals surface area contributed by atoms with Gasteiger partial charge < -0.3 is 14.9 Å². The second-order valence-corrected chi connectivity index (χ2v) is 5.30. The van der Waals surface area contributed by atoms with Gasteiger partial charge in [0.15, 0.2) is 0 Å². The molecule has 1 atom stereocenters. The van der Waals surface area contributed by atoms with Crippen molar-refractivity contribution in [1.82, 2.24) is 9.80 Å². The Labute approximate surface area is 119 Å². The first kappa shape index (κ1) is 15.8. The van der Waals surface area contributed by atoms with E-state index in [2.05, 4.69) is 0 Å². The smallest absolute Gasteiger partial charge is 0.257 e. The molecular formula is C14H21ClN2O2. The minimum atomic E-state index is -0.197. The molecule has 0 aromatic heterocycles. The highest BCUT2D eigenvalue weighted by Crippen LogP contribution is 2.23. The monoisotopic (exact) mass is 284 g/mol. The van der Waals surface area contributed by atoms with Crippen LogP contribution in [-0.2, 0) is 0 Å². The Kier molecular flexibility index (Phi) is 5.63. The highest BCUT2D eigenvalue weighted by atomic mass is 35.5. The zero-order valence-electron chi connectivity index (χ0n) is 11.9. The van der Waals surface area contributed by atoms with Crippen molar-refractivity contribution in [2.45, 2.75) is 19.9 Å². The van der Waals surface area contributed by atoms with Crippen molar-refractivity contribution in [2.75, 3.05) is 27.2 Å². The van der Waals surface area contributed by atoms with E-state index in [4.69, 9.17) is 11.6 Å². The predicted octanol–water partition coefficient (Wildman–Crippen LogP) is 2.46. The molecule has 1 aromatic rings. The Hall–Kier alpha value is -1.26. The minimum Gasteiger partial charge on any atom is -0.507 e. The number of phenols is 1. The van der Waals surface area contributed by atoms with Gasteiger partial charge in [-0.3, -0.25) is 4.79 Å². The fourth-order valence-corrected chi connectivity index (χ4v) is 2.29. The van der Waals surface area contributed by atoms with Gasteiger partial charge in [0.05, 0.1) is 5.56 Å². The van der Waals surface area contributed by atoms with Crippen LogP contribution in [0, 0.1) is 0 Å². The summed E-state index contributed by atoms with van der Waals surface area (Å²) in [5.74, 6) is -0.234. The van der Waals surface area contributed by atoms with Crippen LogP contribution in [0.25, 0.3) is 0 Å². The fraction of sp³-hybridized carbons (Fsp3) is 0.500. The number of benzene rings is 1. The fourth-order valence-electron chi connectivity index (χ4n) is 2.12. The van der Waals surface area contributed by atoms with Crippen molar-refractivity contribution in [2.24, 2.45) is 0 Å². The lowest BCUT2D eigenvalue weighted by atomic mass is 10.1. The van der Waals surface area contributed by atoms with Crippen LogP contribution in [0.5, 0.6) is 5.75 Å². The van der Waals surface area contributed by atoms with E-state index >= 15 is 0 Å². The van der Waals surface area contributed by atoms with Crippen molar-refractivity contribution >= 4 is 17.5 Å². The standard InChI is InChI=1S/C14H21ClN2O2/c1-5-17(10(2)9-16(3)4)14(19)12-8-11(15)6-7-13(12)18/h6-8,10,18H,5,9H2,1-4H3. The summed E-state index contributed by atoms with van der Waals surface area (Å²) in [6, 6.07) is 4.57. The van der Waals surface area contributed by atoms with Gasteiger partial charge in [0, 0.05) is 24.2 Å². The Morgan fingerprint density at radius 1 is 1.42 bits per heavy atom. The van der Waals surface area contributed by atoms with Crippen LogP contribution in [0.15, 0.2) is 18.2 Å². The van der Waals surface area contributed by atoms with Gasteiger partial charge in [0.25, 0.3) is 5.91 Å². The van der Waals surface area contributed by atoms with Gasteiger partial charge in [-0.15, -0.1) is 0 Å². The van der Waals surface area contributed by atoms with Crippen molar-refractivity contribution in [3.63, 3.8) is 0 Å². The average molecular weight is 285 g/mol. The summed E-state index contributed by atoms with van der Waals surface area (Å²) in [5, 5.41) is 10.2. The summed E-state index contributed by atoms with van der Waals surface area (Å²) >= 11 is 5.88. The van der Waals surface area contributed by atoms with Crippen LogP contribution in [0.2, 0.25) is 5.02 Å². The number of phenolic OH excluding ortho intramolecular Hbond substituents is 1. The second-order valence-electron chi connectivity index (χ2n) is 4.86. The lowest BCUT2D eigenvalue weighted by molar-refractivity contribution is 0.0676. The van der Waals surface area contributed by atoms with Crippen LogP contribution in [0.4, 0.5) is 0 Å².